The van der Waals surface area contributed by atoms with E-state index in [4.69, 9.17) is 14.4 Å². The van der Waals surface area contributed by atoms with Crippen molar-refractivity contribution in [2.45, 2.75) is 26.1 Å². The van der Waals surface area contributed by atoms with Gasteiger partial charge in [-0.25, -0.2) is 4.98 Å². The van der Waals surface area contributed by atoms with Gasteiger partial charge in [0.15, 0.2) is 5.76 Å². The molecule has 1 aliphatic heterocycles. The van der Waals surface area contributed by atoms with E-state index < -0.39 is 0 Å². The summed E-state index contributed by atoms with van der Waals surface area (Å²) in [6.07, 6.45) is 4.70. The molecule has 0 fully saturated rings. The largest absolute Gasteiger partial charge is 0.471 e. The Labute approximate surface area is 156 Å². The molecular formula is C20H18N4O3. The summed E-state index contributed by atoms with van der Waals surface area (Å²) in [4.78, 5) is 18.9. The number of pyridine rings is 1. The molecule has 4 rings (SSSR count). The first kappa shape index (κ1) is 16.9. The highest BCUT2D eigenvalue weighted by molar-refractivity contribution is 5.92. The summed E-state index contributed by atoms with van der Waals surface area (Å²) in [5.41, 5.74) is 2.32. The van der Waals surface area contributed by atoms with Crippen molar-refractivity contribution in [3.8, 4) is 11.9 Å². The monoisotopic (exact) mass is 362 g/mol. The van der Waals surface area contributed by atoms with Gasteiger partial charge in [-0.1, -0.05) is 0 Å². The minimum Gasteiger partial charge on any atom is -0.471 e. The minimum atomic E-state index is -0.279. The van der Waals surface area contributed by atoms with Crippen LogP contribution in [0.1, 0.15) is 27.4 Å². The molecule has 1 amide bonds. The number of hydrogen-bond acceptors (Lipinski definition) is 5. The highest BCUT2D eigenvalue weighted by Gasteiger charge is 2.29. The van der Waals surface area contributed by atoms with E-state index in [1.54, 1.807) is 23.1 Å². The van der Waals surface area contributed by atoms with E-state index in [0.717, 1.165) is 11.3 Å². The summed E-state index contributed by atoms with van der Waals surface area (Å²) < 4.78 is 13.5. The normalized spacial score (nSPS) is 16.3. The molecule has 0 bridgehead atoms. The van der Waals surface area contributed by atoms with Gasteiger partial charge in [-0.2, -0.15) is 5.26 Å². The first-order valence-electron chi connectivity index (χ1n) is 8.64. The van der Waals surface area contributed by atoms with Crippen molar-refractivity contribution in [2.24, 2.45) is 0 Å². The third kappa shape index (κ3) is 3.42. The lowest BCUT2D eigenvalue weighted by Gasteiger charge is -2.24. The second kappa shape index (κ2) is 7.00. The van der Waals surface area contributed by atoms with Crippen LogP contribution in [0, 0.1) is 18.3 Å². The van der Waals surface area contributed by atoms with Crippen molar-refractivity contribution >= 4 is 5.91 Å². The number of aryl methyl sites for hydroxylation is 1. The first-order valence-corrected chi connectivity index (χ1v) is 8.64. The predicted octanol–water partition coefficient (Wildman–Crippen LogP) is 2.76. The number of amides is 1. The van der Waals surface area contributed by atoms with E-state index in [2.05, 4.69) is 9.55 Å². The number of nitrogens with zero attached hydrogens (tertiary/aromatic N) is 4. The number of rotatable bonds is 3. The lowest BCUT2D eigenvalue weighted by molar-refractivity contribution is 0.0615. The molecule has 0 saturated carbocycles. The second-order valence-corrected chi connectivity index (χ2v) is 6.51. The predicted molar refractivity (Wildman–Crippen MR) is 96.0 cm³/mol. The van der Waals surface area contributed by atoms with Crippen LogP contribution in [-0.4, -0.2) is 33.0 Å². The molecule has 7 nitrogen and oxygen atoms in total. The number of hydrogen-bond donors (Lipinski definition) is 0. The van der Waals surface area contributed by atoms with E-state index in [0.29, 0.717) is 36.8 Å². The Bertz CT molecular complexity index is 997. The Morgan fingerprint density at radius 1 is 1.33 bits per heavy atom. The third-order valence-corrected chi connectivity index (χ3v) is 4.60. The van der Waals surface area contributed by atoms with Gasteiger partial charge in [-0.15, -0.1) is 0 Å². The summed E-state index contributed by atoms with van der Waals surface area (Å²) in [5, 5.41) is 8.89. The van der Waals surface area contributed by atoms with Gasteiger partial charge in [0.2, 0.25) is 5.88 Å². The Hall–Kier alpha value is -3.53. The zero-order chi connectivity index (χ0) is 18.8. The van der Waals surface area contributed by atoms with Gasteiger partial charge in [0.25, 0.3) is 5.91 Å². The van der Waals surface area contributed by atoms with Gasteiger partial charge in [-0.3, -0.25) is 4.79 Å². The van der Waals surface area contributed by atoms with E-state index in [1.165, 1.54) is 12.5 Å². The van der Waals surface area contributed by atoms with E-state index in [9.17, 15) is 4.79 Å². The fourth-order valence-electron chi connectivity index (χ4n) is 3.21. The Morgan fingerprint density at radius 3 is 2.93 bits per heavy atom. The number of fused-ring (bicyclic) bond motifs is 1. The maximum Gasteiger partial charge on any atom is 0.290 e. The second-order valence-electron chi connectivity index (χ2n) is 6.51. The summed E-state index contributed by atoms with van der Waals surface area (Å²) in [7, 11) is 0. The lowest BCUT2D eigenvalue weighted by Crippen LogP contribution is -2.38. The van der Waals surface area contributed by atoms with Gasteiger partial charge in [-0.05, 0) is 31.2 Å². The number of carbonyl (C=O) groups is 1. The number of ether oxygens (including phenoxy) is 1. The topological polar surface area (TPSA) is 84.3 Å². The Balaban J connectivity index is 1.59. The van der Waals surface area contributed by atoms with Crippen molar-refractivity contribution in [2.75, 3.05) is 6.54 Å². The van der Waals surface area contributed by atoms with Gasteiger partial charge in [0.1, 0.15) is 12.2 Å². The summed E-state index contributed by atoms with van der Waals surface area (Å²) >= 11 is 0. The molecule has 0 radical (unpaired) electrons. The Morgan fingerprint density at radius 2 is 2.22 bits per heavy atom. The van der Waals surface area contributed by atoms with Crippen LogP contribution in [0.15, 0.2) is 53.4 Å². The molecule has 0 spiro atoms. The van der Waals surface area contributed by atoms with Crippen LogP contribution in [0.2, 0.25) is 0 Å². The van der Waals surface area contributed by atoms with Crippen molar-refractivity contribution in [1.29, 1.82) is 5.26 Å². The molecular weight excluding hydrogens is 344 g/mol. The maximum absolute atomic E-state index is 13.0. The van der Waals surface area contributed by atoms with Crippen molar-refractivity contribution < 1.29 is 13.9 Å². The van der Waals surface area contributed by atoms with E-state index in [1.807, 2.05) is 31.3 Å². The number of carbonyl (C=O) groups excluding carboxylic acids is 1. The molecule has 7 heteroatoms. The van der Waals surface area contributed by atoms with Crippen LogP contribution in [0.5, 0.6) is 5.88 Å². The Kier molecular flexibility index (Phi) is 4.38. The number of furan rings is 1. The smallest absolute Gasteiger partial charge is 0.290 e. The molecule has 0 aliphatic carbocycles. The van der Waals surface area contributed by atoms with Gasteiger partial charge in [0.05, 0.1) is 31.5 Å². The zero-order valence-electron chi connectivity index (χ0n) is 14.8. The quantitative estimate of drug-likeness (QED) is 0.715. The van der Waals surface area contributed by atoms with Gasteiger partial charge in [0, 0.05) is 29.7 Å². The highest BCUT2D eigenvalue weighted by Crippen LogP contribution is 2.21. The highest BCUT2D eigenvalue weighted by atomic mass is 16.5. The fourth-order valence-corrected chi connectivity index (χ4v) is 3.21. The van der Waals surface area contributed by atoms with Crippen LogP contribution in [0.3, 0.4) is 0 Å². The molecule has 3 aromatic rings. The average molecular weight is 362 g/mol. The lowest BCUT2D eigenvalue weighted by atomic mass is 10.2. The van der Waals surface area contributed by atoms with Crippen LogP contribution in [-0.2, 0) is 13.1 Å². The average Bonchev–Trinajstić information content (AvgIpc) is 3.26. The standard InChI is InChI=1S/C20H18N4O3/c1-14-6-8-26-19(14)20(25)24-11-16-3-2-7-23(16)12-17(13-24)27-18-5-4-15(9-21)10-22-18/h2-8,10,17H,11-13H2,1H3. The molecule has 0 saturated heterocycles. The fraction of sp³-hybridized carbons (Fsp3) is 0.250. The summed E-state index contributed by atoms with van der Waals surface area (Å²) in [6, 6.07) is 11.1. The minimum absolute atomic E-state index is 0.159. The molecule has 136 valence electrons. The summed E-state index contributed by atoms with van der Waals surface area (Å²) in [6.45, 7) is 3.34. The van der Waals surface area contributed by atoms with Gasteiger partial charge >= 0.3 is 0 Å². The zero-order valence-corrected chi connectivity index (χ0v) is 14.8. The summed E-state index contributed by atoms with van der Waals surface area (Å²) in [5.74, 6) is 0.620. The molecule has 1 unspecified atom stereocenters. The number of aromatic nitrogens is 2. The van der Waals surface area contributed by atoms with Crippen molar-refractivity contribution in [3.63, 3.8) is 0 Å². The molecule has 3 aromatic heterocycles. The van der Waals surface area contributed by atoms with Crippen LogP contribution in [0.4, 0.5) is 0 Å². The molecule has 0 N–H and O–H groups in total. The van der Waals surface area contributed by atoms with Crippen molar-refractivity contribution in [3.05, 3.63) is 71.6 Å². The third-order valence-electron chi connectivity index (χ3n) is 4.60. The molecule has 1 aliphatic rings. The first-order chi connectivity index (χ1) is 13.1. The molecule has 1 atom stereocenters. The van der Waals surface area contributed by atoms with E-state index in [-0.39, 0.29) is 12.0 Å². The number of nitriles is 1. The maximum atomic E-state index is 13.0. The van der Waals surface area contributed by atoms with Crippen LogP contribution in [0.25, 0.3) is 0 Å². The van der Waals surface area contributed by atoms with Crippen LogP contribution < -0.4 is 4.74 Å². The molecule has 0 aromatic carbocycles. The van der Waals surface area contributed by atoms with Gasteiger partial charge < -0.3 is 18.6 Å². The van der Waals surface area contributed by atoms with Crippen LogP contribution >= 0.6 is 0 Å². The van der Waals surface area contributed by atoms with Crippen molar-refractivity contribution in [1.82, 2.24) is 14.5 Å². The van der Waals surface area contributed by atoms with E-state index >= 15 is 0 Å². The molecule has 27 heavy (non-hydrogen) atoms. The molecule has 4 heterocycles. The SMILES string of the molecule is Cc1ccoc1C(=O)N1Cc2cccn2CC(Oc2ccc(C#N)cn2)C1.